The molecule has 3 rings (SSSR count). The second kappa shape index (κ2) is 8.11. The molecule has 9 nitrogen and oxygen atoms in total. The number of methoxy groups -OCH3 is 1. The van der Waals surface area contributed by atoms with E-state index in [2.05, 4.69) is 4.98 Å². The third-order valence-corrected chi connectivity index (χ3v) is 5.07. The van der Waals surface area contributed by atoms with Gasteiger partial charge in [-0.15, -0.1) is 0 Å². The van der Waals surface area contributed by atoms with Crippen molar-refractivity contribution in [3.8, 4) is 11.5 Å². The predicted octanol–water partition coefficient (Wildman–Crippen LogP) is 0.604. The lowest BCUT2D eigenvalue weighted by Crippen LogP contribution is -2.38. The number of thioether (sulfide) groups is 1. The molecule has 1 N–H and O–H groups in total. The molecule has 2 aromatic heterocycles. The highest BCUT2D eigenvalue weighted by molar-refractivity contribution is 7.98. The van der Waals surface area contributed by atoms with Crippen molar-refractivity contribution in [1.82, 2.24) is 18.7 Å². The largest absolute Gasteiger partial charge is 0.497 e. The molecule has 0 bridgehead atoms. The van der Waals surface area contributed by atoms with E-state index < -0.39 is 17.4 Å². The number of nitrogens with zero attached hydrogens (tertiary/aromatic N) is 4. The van der Waals surface area contributed by atoms with Gasteiger partial charge in [0.2, 0.25) is 0 Å². The number of aliphatic hydroxyl groups excluding tert-OH is 1. The van der Waals surface area contributed by atoms with Crippen molar-refractivity contribution >= 4 is 22.9 Å². The van der Waals surface area contributed by atoms with E-state index in [1.165, 1.54) is 23.4 Å². The van der Waals surface area contributed by atoms with Crippen molar-refractivity contribution in [3.63, 3.8) is 0 Å². The first-order valence-corrected chi connectivity index (χ1v) is 9.75. The van der Waals surface area contributed by atoms with Crippen molar-refractivity contribution in [2.75, 3.05) is 20.0 Å². The van der Waals surface area contributed by atoms with Gasteiger partial charge in [-0.25, -0.2) is 9.78 Å². The Bertz CT molecular complexity index is 1100. The van der Waals surface area contributed by atoms with Gasteiger partial charge in [0.05, 0.1) is 13.7 Å². The van der Waals surface area contributed by atoms with Crippen molar-refractivity contribution in [2.24, 2.45) is 14.1 Å². The summed E-state index contributed by atoms with van der Waals surface area (Å²) < 4.78 is 14.7. The predicted molar refractivity (Wildman–Crippen MR) is 106 cm³/mol. The van der Waals surface area contributed by atoms with Gasteiger partial charge in [-0.2, -0.15) is 0 Å². The highest BCUT2D eigenvalue weighted by atomic mass is 32.2. The zero-order chi connectivity index (χ0) is 20.4. The molecule has 0 aliphatic carbocycles. The average Bonchev–Trinajstić information content (AvgIpc) is 3.07. The Kier molecular flexibility index (Phi) is 5.80. The van der Waals surface area contributed by atoms with Gasteiger partial charge < -0.3 is 19.1 Å². The van der Waals surface area contributed by atoms with Crippen LogP contribution in [-0.2, 0) is 20.6 Å². The van der Waals surface area contributed by atoms with Crippen LogP contribution in [0, 0.1) is 0 Å². The first-order chi connectivity index (χ1) is 13.4. The molecule has 0 aliphatic rings. The molecule has 150 valence electrons. The molecule has 0 amide bonds. The van der Waals surface area contributed by atoms with Crippen LogP contribution in [0.15, 0.2) is 39.0 Å². The quantitative estimate of drug-likeness (QED) is 0.574. The Morgan fingerprint density at radius 3 is 2.39 bits per heavy atom. The molecular formula is C18H22N4O5S. The topological polar surface area (TPSA) is 101 Å². The van der Waals surface area contributed by atoms with Crippen molar-refractivity contribution in [2.45, 2.75) is 17.8 Å². The molecule has 0 spiro atoms. The molecule has 0 aliphatic heterocycles. The SMILES string of the molecule is COc1ccc(OC[C@H](O)Cn2c(SC)nc3c2c(=O)n(C)c(=O)n3C)cc1. The van der Waals surface area contributed by atoms with Gasteiger partial charge in [0.15, 0.2) is 16.3 Å². The van der Waals surface area contributed by atoms with Gasteiger partial charge in [-0.3, -0.25) is 13.9 Å². The minimum absolute atomic E-state index is 0.0336. The zero-order valence-electron chi connectivity index (χ0n) is 16.1. The van der Waals surface area contributed by atoms with Crippen LogP contribution in [0.2, 0.25) is 0 Å². The summed E-state index contributed by atoms with van der Waals surface area (Å²) in [6.07, 6.45) is 0.938. The summed E-state index contributed by atoms with van der Waals surface area (Å²) in [7, 11) is 4.57. The number of hydrogen-bond donors (Lipinski definition) is 1. The third-order valence-electron chi connectivity index (χ3n) is 4.39. The van der Waals surface area contributed by atoms with E-state index in [0.29, 0.717) is 22.3 Å². The summed E-state index contributed by atoms with van der Waals surface area (Å²) in [5.41, 5.74) is -0.328. The Labute approximate surface area is 165 Å². The standard InChI is InChI=1S/C18H22N4O5S/c1-20-15-14(16(24)21(2)18(20)25)22(17(19-15)28-4)9-11(23)10-27-13-7-5-12(26-3)6-8-13/h5-8,11,23H,9-10H2,1-4H3/t11-/m1/s1. The van der Waals surface area contributed by atoms with Crippen LogP contribution >= 0.6 is 11.8 Å². The number of ether oxygens (including phenoxy) is 2. The lowest BCUT2D eigenvalue weighted by molar-refractivity contribution is 0.0913. The minimum Gasteiger partial charge on any atom is -0.497 e. The summed E-state index contributed by atoms with van der Waals surface area (Å²) in [6, 6.07) is 7.02. The van der Waals surface area contributed by atoms with Gasteiger partial charge in [0, 0.05) is 14.1 Å². The van der Waals surface area contributed by atoms with Gasteiger partial charge >= 0.3 is 5.69 Å². The van der Waals surface area contributed by atoms with Crippen LogP contribution in [0.1, 0.15) is 0 Å². The molecule has 1 atom stereocenters. The summed E-state index contributed by atoms with van der Waals surface area (Å²) in [5.74, 6) is 1.31. The van der Waals surface area contributed by atoms with E-state index in [9.17, 15) is 14.7 Å². The molecule has 10 heteroatoms. The van der Waals surface area contributed by atoms with Crippen LogP contribution < -0.4 is 20.7 Å². The van der Waals surface area contributed by atoms with Crippen LogP contribution in [0.4, 0.5) is 0 Å². The third kappa shape index (κ3) is 3.65. The van der Waals surface area contributed by atoms with Crippen LogP contribution in [0.25, 0.3) is 11.2 Å². The fourth-order valence-electron chi connectivity index (χ4n) is 2.88. The first kappa shape index (κ1) is 20.0. The number of rotatable bonds is 7. The lowest BCUT2D eigenvalue weighted by atomic mass is 10.3. The normalized spacial score (nSPS) is 12.3. The van der Waals surface area contributed by atoms with Crippen LogP contribution in [0.3, 0.4) is 0 Å². The molecular weight excluding hydrogens is 384 g/mol. The maximum atomic E-state index is 12.6. The number of benzene rings is 1. The molecule has 1 aromatic carbocycles. The van der Waals surface area contributed by atoms with Crippen molar-refractivity contribution in [1.29, 1.82) is 0 Å². The molecule has 0 saturated heterocycles. The number of aryl methyl sites for hydroxylation is 1. The number of hydrogen-bond acceptors (Lipinski definition) is 7. The molecule has 0 radical (unpaired) electrons. The smallest absolute Gasteiger partial charge is 0.332 e. The molecule has 3 aromatic rings. The van der Waals surface area contributed by atoms with E-state index in [0.717, 1.165) is 4.57 Å². The molecule has 0 saturated carbocycles. The number of fused-ring (bicyclic) bond motifs is 1. The Morgan fingerprint density at radius 2 is 1.79 bits per heavy atom. The fraction of sp³-hybridized carbons (Fsp3) is 0.389. The summed E-state index contributed by atoms with van der Waals surface area (Å²) in [4.78, 5) is 29.2. The summed E-state index contributed by atoms with van der Waals surface area (Å²) in [5, 5.41) is 11.0. The second-order valence-corrected chi connectivity index (χ2v) is 7.00. The molecule has 28 heavy (non-hydrogen) atoms. The van der Waals surface area contributed by atoms with Crippen molar-refractivity contribution in [3.05, 3.63) is 45.1 Å². The molecule has 0 unspecified atom stereocenters. The Morgan fingerprint density at radius 1 is 1.14 bits per heavy atom. The van der Waals surface area contributed by atoms with E-state index in [1.807, 2.05) is 6.26 Å². The van der Waals surface area contributed by atoms with Gasteiger partial charge in [0.25, 0.3) is 5.56 Å². The van der Waals surface area contributed by atoms with Gasteiger partial charge in [-0.05, 0) is 30.5 Å². The van der Waals surface area contributed by atoms with E-state index in [-0.39, 0.29) is 18.7 Å². The van der Waals surface area contributed by atoms with Crippen LogP contribution in [0.5, 0.6) is 11.5 Å². The van der Waals surface area contributed by atoms with Crippen molar-refractivity contribution < 1.29 is 14.6 Å². The molecule has 2 heterocycles. The highest BCUT2D eigenvalue weighted by Crippen LogP contribution is 2.21. The molecule has 0 fully saturated rings. The first-order valence-electron chi connectivity index (χ1n) is 8.52. The van der Waals surface area contributed by atoms with Gasteiger partial charge in [-0.1, -0.05) is 11.8 Å². The number of imidazole rings is 1. The lowest BCUT2D eigenvalue weighted by Gasteiger charge is -2.15. The Balaban J connectivity index is 1.86. The van der Waals surface area contributed by atoms with Gasteiger partial charge in [0.1, 0.15) is 24.2 Å². The zero-order valence-corrected chi connectivity index (χ0v) is 16.9. The fourth-order valence-corrected chi connectivity index (χ4v) is 3.44. The number of aromatic nitrogens is 4. The van der Waals surface area contributed by atoms with E-state index in [4.69, 9.17) is 9.47 Å². The van der Waals surface area contributed by atoms with E-state index >= 15 is 0 Å². The monoisotopic (exact) mass is 406 g/mol. The van der Waals surface area contributed by atoms with Crippen LogP contribution in [-0.4, -0.2) is 49.9 Å². The summed E-state index contributed by atoms with van der Waals surface area (Å²) >= 11 is 1.33. The minimum atomic E-state index is -0.882. The maximum Gasteiger partial charge on any atom is 0.332 e. The number of aliphatic hydroxyl groups is 1. The van der Waals surface area contributed by atoms with E-state index in [1.54, 1.807) is 43.0 Å². The average molecular weight is 406 g/mol. The maximum absolute atomic E-state index is 12.6. The second-order valence-electron chi connectivity index (χ2n) is 6.23. The highest BCUT2D eigenvalue weighted by Gasteiger charge is 2.20. The summed E-state index contributed by atoms with van der Waals surface area (Å²) in [6.45, 7) is 0.141. The Hall–Kier alpha value is -2.72.